The minimum Gasteiger partial charge on any atom is -0.497 e. The summed E-state index contributed by atoms with van der Waals surface area (Å²) in [5, 5.41) is 12.8. The molecule has 2 unspecified atom stereocenters. The highest BCUT2D eigenvalue weighted by atomic mass is 28.3. The van der Waals surface area contributed by atoms with Crippen LogP contribution in [-0.2, 0) is 0 Å². The van der Waals surface area contributed by atoms with E-state index in [1.165, 1.54) is 22.3 Å². The molecule has 3 heteroatoms. The SMILES string of the molecule is C=C1C(c2ccc(OC)cc2)=C([Si](C)(C)C)C[C@@]2(C)C1C[C@@H](O)C2c1ccccc1. The number of fused-ring (bicyclic) bond motifs is 1. The Balaban J connectivity index is 1.86. The second-order valence-corrected chi connectivity index (χ2v) is 15.4. The van der Waals surface area contributed by atoms with E-state index >= 15 is 0 Å². The molecule has 0 aliphatic heterocycles. The molecule has 0 bridgehead atoms. The molecule has 4 rings (SSSR count). The monoisotopic (exact) mass is 418 g/mol. The molecule has 0 aromatic heterocycles. The minimum absolute atomic E-state index is 0.0105. The summed E-state index contributed by atoms with van der Waals surface area (Å²) in [5.74, 6) is 1.31. The Morgan fingerprint density at radius 2 is 1.67 bits per heavy atom. The fourth-order valence-corrected chi connectivity index (χ4v) is 7.90. The standard InChI is InChI=1S/C27H34O2Si/c1-18-22-16-23(28)26(20-10-8-7-9-11-20)27(22,2)17-24(30(4,5)6)25(18)19-12-14-21(29-3)15-13-19/h7-15,22-23,26,28H,1,16-17H2,2-6H3/t22?,23-,26?,27+/m1/s1. The zero-order valence-corrected chi connectivity index (χ0v) is 19.9. The van der Waals surface area contributed by atoms with Gasteiger partial charge in [0.1, 0.15) is 5.75 Å². The van der Waals surface area contributed by atoms with Crippen LogP contribution >= 0.6 is 0 Å². The van der Waals surface area contributed by atoms with Gasteiger partial charge in [-0.3, -0.25) is 0 Å². The maximum atomic E-state index is 11.2. The number of hydrogen-bond acceptors (Lipinski definition) is 2. The van der Waals surface area contributed by atoms with Gasteiger partial charge in [0, 0.05) is 5.92 Å². The lowest BCUT2D eigenvalue weighted by Gasteiger charge is -2.47. The van der Waals surface area contributed by atoms with E-state index in [0.29, 0.717) is 0 Å². The minimum atomic E-state index is -1.62. The molecule has 2 aliphatic rings. The summed E-state index contributed by atoms with van der Waals surface area (Å²) in [5.41, 5.74) is 5.04. The van der Waals surface area contributed by atoms with Crippen molar-refractivity contribution in [2.75, 3.05) is 7.11 Å². The van der Waals surface area contributed by atoms with Gasteiger partial charge in [0.05, 0.1) is 21.3 Å². The molecule has 2 nitrogen and oxygen atoms in total. The average molecular weight is 419 g/mol. The first kappa shape index (κ1) is 21.1. The lowest BCUT2D eigenvalue weighted by molar-refractivity contribution is 0.131. The molecule has 1 fully saturated rings. The van der Waals surface area contributed by atoms with Crippen molar-refractivity contribution in [2.45, 2.75) is 51.4 Å². The van der Waals surface area contributed by atoms with Crippen LogP contribution in [0.3, 0.4) is 0 Å². The van der Waals surface area contributed by atoms with Crippen molar-refractivity contribution in [3.05, 3.63) is 83.1 Å². The Kier molecular flexibility index (Phi) is 5.32. The average Bonchev–Trinajstić information content (AvgIpc) is 2.98. The molecular weight excluding hydrogens is 384 g/mol. The molecule has 0 spiro atoms. The van der Waals surface area contributed by atoms with Crippen LogP contribution < -0.4 is 4.74 Å². The molecule has 0 radical (unpaired) electrons. The molecule has 4 atom stereocenters. The zero-order chi connectivity index (χ0) is 21.7. The number of hydrogen-bond donors (Lipinski definition) is 1. The second-order valence-electron chi connectivity index (χ2n) is 10.3. The maximum Gasteiger partial charge on any atom is 0.118 e. The van der Waals surface area contributed by atoms with Crippen LogP contribution in [0.5, 0.6) is 5.75 Å². The summed E-state index contributed by atoms with van der Waals surface area (Å²) in [7, 11) is 0.0853. The molecule has 0 saturated heterocycles. The topological polar surface area (TPSA) is 29.5 Å². The van der Waals surface area contributed by atoms with Crippen LogP contribution in [0.1, 0.15) is 36.8 Å². The summed E-state index contributed by atoms with van der Waals surface area (Å²) in [6, 6.07) is 19.0. The quantitative estimate of drug-likeness (QED) is 0.578. The highest BCUT2D eigenvalue weighted by Gasteiger charge is 2.56. The van der Waals surface area contributed by atoms with Gasteiger partial charge in [-0.2, -0.15) is 0 Å². The molecule has 1 saturated carbocycles. The predicted molar refractivity (Wildman–Crippen MR) is 128 cm³/mol. The van der Waals surface area contributed by atoms with E-state index in [4.69, 9.17) is 4.74 Å². The highest BCUT2D eigenvalue weighted by Crippen LogP contribution is 2.63. The summed E-state index contributed by atoms with van der Waals surface area (Å²) < 4.78 is 5.38. The van der Waals surface area contributed by atoms with Gasteiger partial charge in [0.2, 0.25) is 0 Å². The van der Waals surface area contributed by atoms with Crippen LogP contribution in [0, 0.1) is 11.3 Å². The largest absolute Gasteiger partial charge is 0.497 e. The molecule has 30 heavy (non-hydrogen) atoms. The molecule has 2 aromatic carbocycles. The zero-order valence-electron chi connectivity index (χ0n) is 18.9. The smallest absolute Gasteiger partial charge is 0.118 e. The Labute approximate surface area is 182 Å². The van der Waals surface area contributed by atoms with Crippen LogP contribution in [0.4, 0.5) is 0 Å². The Morgan fingerprint density at radius 1 is 1.03 bits per heavy atom. The fourth-order valence-electron chi connectivity index (χ4n) is 5.93. The van der Waals surface area contributed by atoms with Gasteiger partial charge < -0.3 is 9.84 Å². The van der Waals surface area contributed by atoms with Crippen LogP contribution in [0.15, 0.2) is 71.9 Å². The van der Waals surface area contributed by atoms with Crippen molar-refractivity contribution in [3.8, 4) is 5.75 Å². The van der Waals surface area contributed by atoms with Crippen molar-refractivity contribution in [2.24, 2.45) is 11.3 Å². The number of ether oxygens (including phenoxy) is 1. The molecular formula is C27H34O2Si. The van der Waals surface area contributed by atoms with Gasteiger partial charge in [-0.15, -0.1) is 0 Å². The molecule has 158 valence electrons. The van der Waals surface area contributed by atoms with E-state index in [1.807, 2.05) is 12.1 Å². The van der Waals surface area contributed by atoms with Crippen molar-refractivity contribution >= 4 is 13.6 Å². The summed E-state index contributed by atoms with van der Waals surface area (Å²) in [6.07, 6.45) is 1.48. The number of methoxy groups -OCH3 is 1. The van der Waals surface area contributed by atoms with Gasteiger partial charge in [-0.1, -0.05) is 80.8 Å². The number of allylic oxidation sites excluding steroid dienone is 3. The van der Waals surface area contributed by atoms with E-state index in [-0.39, 0.29) is 23.4 Å². The van der Waals surface area contributed by atoms with Crippen LogP contribution in [0.2, 0.25) is 19.6 Å². The molecule has 2 aliphatic carbocycles. The van der Waals surface area contributed by atoms with Gasteiger partial charge in [-0.25, -0.2) is 0 Å². The number of rotatable bonds is 4. The second kappa shape index (κ2) is 7.54. The third kappa shape index (κ3) is 3.38. The summed E-state index contributed by atoms with van der Waals surface area (Å²) in [6.45, 7) is 14.4. The summed E-state index contributed by atoms with van der Waals surface area (Å²) in [4.78, 5) is 0. The van der Waals surface area contributed by atoms with Crippen molar-refractivity contribution in [3.63, 3.8) is 0 Å². The third-order valence-electron chi connectivity index (χ3n) is 7.41. The van der Waals surface area contributed by atoms with E-state index in [9.17, 15) is 5.11 Å². The predicted octanol–water partition coefficient (Wildman–Crippen LogP) is 6.46. The number of aliphatic hydroxyl groups is 1. The van der Waals surface area contributed by atoms with E-state index in [0.717, 1.165) is 18.6 Å². The Morgan fingerprint density at radius 3 is 2.23 bits per heavy atom. The first-order valence-electron chi connectivity index (χ1n) is 11.0. The normalized spacial score (nSPS) is 29.1. The third-order valence-corrected chi connectivity index (χ3v) is 9.65. The van der Waals surface area contributed by atoms with Crippen LogP contribution in [-0.4, -0.2) is 26.4 Å². The summed E-state index contributed by atoms with van der Waals surface area (Å²) >= 11 is 0. The Hall–Kier alpha value is -2.10. The van der Waals surface area contributed by atoms with Gasteiger partial charge in [-0.05, 0) is 58.6 Å². The lowest BCUT2D eigenvalue weighted by Crippen LogP contribution is -2.40. The van der Waals surface area contributed by atoms with E-state index < -0.39 is 8.07 Å². The Bertz CT molecular complexity index is 968. The van der Waals surface area contributed by atoms with E-state index in [1.54, 1.807) is 12.3 Å². The fraction of sp³-hybridized carbons (Fsp3) is 0.407. The molecule has 0 amide bonds. The van der Waals surface area contributed by atoms with Crippen molar-refractivity contribution < 1.29 is 9.84 Å². The molecule has 1 N–H and O–H groups in total. The lowest BCUT2D eigenvalue weighted by atomic mass is 9.62. The highest BCUT2D eigenvalue weighted by molar-refractivity contribution is 6.84. The van der Waals surface area contributed by atoms with Gasteiger partial charge in [0.25, 0.3) is 0 Å². The van der Waals surface area contributed by atoms with Gasteiger partial charge in [0.15, 0.2) is 0 Å². The molecule has 2 aromatic rings. The first-order valence-corrected chi connectivity index (χ1v) is 14.5. The first-order chi connectivity index (χ1) is 14.2. The van der Waals surface area contributed by atoms with Crippen LogP contribution in [0.25, 0.3) is 5.57 Å². The van der Waals surface area contributed by atoms with Crippen molar-refractivity contribution in [1.82, 2.24) is 0 Å². The van der Waals surface area contributed by atoms with Gasteiger partial charge >= 0.3 is 0 Å². The molecule has 0 heterocycles. The maximum absolute atomic E-state index is 11.2. The number of aliphatic hydroxyl groups excluding tert-OH is 1. The number of benzene rings is 2. The van der Waals surface area contributed by atoms with Crippen molar-refractivity contribution in [1.29, 1.82) is 0 Å². The van der Waals surface area contributed by atoms with E-state index in [2.05, 4.69) is 75.6 Å².